The van der Waals surface area contributed by atoms with E-state index in [0.29, 0.717) is 24.6 Å². The van der Waals surface area contributed by atoms with Crippen LogP contribution in [0.4, 0.5) is 16.2 Å². The van der Waals surface area contributed by atoms with Crippen molar-refractivity contribution in [3.8, 4) is 5.75 Å². The highest BCUT2D eigenvalue weighted by atomic mass is 32.2. The minimum Gasteiger partial charge on any atom is -0.487 e. The van der Waals surface area contributed by atoms with E-state index in [-0.39, 0.29) is 6.03 Å². The Balaban J connectivity index is 1.25. The van der Waals surface area contributed by atoms with Gasteiger partial charge in [-0.1, -0.05) is 18.2 Å². The number of hydrogen-bond acceptors (Lipinski definition) is 6. The molecule has 2 aromatic carbocycles. The van der Waals surface area contributed by atoms with Crippen molar-refractivity contribution in [2.75, 3.05) is 34.8 Å². The molecular weight excluding hydrogens is 416 g/mol. The quantitative estimate of drug-likeness (QED) is 0.562. The van der Waals surface area contributed by atoms with Crippen molar-refractivity contribution in [1.29, 1.82) is 0 Å². The molecule has 0 atom stereocenters. The SMILES string of the molecule is O=C(NCc1ccc(N2CCSCC2)cc1)Nc1cccc(OCc2cscn2)c1. The second-order valence-electron chi connectivity index (χ2n) is 6.87. The molecule has 1 aliphatic rings. The van der Waals surface area contributed by atoms with Crippen LogP contribution in [0.2, 0.25) is 0 Å². The molecule has 0 aliphatic carbocycles. The highest BCUT2D eigenvalue weighted by molar-refractivity contribution is 7.99. The number of carbonyl (C=O) groups excluding carboxylic acids is 1. The summed E-state index contributed by atoms with van der Waals surface area (Å²) < 4.78 is 5.73. The number of benzene rings is 2. The van der Waals surface area contributed by atoms with E-state index in [9.17, 15) is 4.79 Å². The van der Waals surface area contributed by atoms with Gasteiger partial charge in [-0.05, 0) is 29.8 Å². The van der Waals surface area contributed by atoms with Gasteiger partial charge in [-0.15, -0.1) is 11.3 Å². The number of nitrogens with one attached hydrogen (secondary N) is 2. The maximum absolute atomic E-state index is 12.3. The minimum absolute atomic E-state index is 0.246. The first-order valence-electron chi connectivity index (χ1n) is 9.83. The normalized spacial score (nSPS) is 13.7. The summed E-state index contributed by atoms with van der Waals surface area (Å²) in [6.45, 7) is 3.07. The van der Waals surface area contributed by atoms with Crippen LogP contribution in [0.25, 0.3) is 0 Å². The van der Waals surface area contributed by atoms with Crippen LogP contribution in [0.5, 0.6) is 5.75 Å². The van der Waals surface area contributed by atoms with Gasteiger partial charge >= 0.3 is 6.03 Å². The van der Waals surface area contributed by atoms with Crippen molar-refractivity contribution in [3.63, 3.8) is 0 Å². The van der Waals surface area contributed by atoms with Crippen LogP contribution in [0.1, 0.15) is 11.3 Å². The molecule has 0 bridgehead atoms. The molecule has 1 saturated heterocycles. The molecule has 1 aromatic heterocycles. The van der Waals surface area contributed by atoms with Crippen LogP contribution < -0.4 is 20.3 Å². The Bertz CT molecular complexity index is 942. The molecular formula is C22H24N4O2S2. The summed E-state index contributed by atoms with van der Waals surface area (Å²) in [7, 11) is 0. The van der Waals surface area contributed by atoms with Crippen molar-refractivity contribution in [1.82, 2.24) is 10.3 Å². The summed E-state index contributed by atoms with van der Waals surface area (Å²) in [5.41, 5.74) is 5.67. The highest BCUT2D eigenvalue weighted by Crippen LogP contribution is 2.20. The van der Waals surface area contributed by atoms with Crippen LogP contribution in [0, 0.1) is 0 Å². The van der Waals surface area contributed by atoms with Gasteiger partial charge in [-0.25, -0.2) is 9.78 Å². The fourth-order valence-electron chi connectivity index (χ4n) is 3.13. The monoisotopic (exact) mass is 440 g/mol. The standard InChI is InChI=1S/C22H24N4O2S2/c27-22(23-13-17-4-6-20(7-5-17)26-8-10-29-11-9-26)25-18-2-1-3-21(12-18)28-14-19-15-30-16-24-19/h1-7,12,15-16H,8-11,13-14H2,(H2,23,25,27). The van der Waals surface area contributed by atoms with Gasteiger partial charge in [-0.2, -0.15) is 11.8 Å². The number of thiazole rings is 1. The van der Waals surface area contributed by atoms with Crippen LogP contribution in [0.15, 0.2) is 59.4 Å². The Morgan fingerprint density at radius 1 is 1.13 bits per heavy atom. The van der Waals surface area contributed by atoms with Crippen LogP contribution in [-0.2, 0) is 13.2 Å². The third kappa shape index (κ3) is 5.90. The lowest BCUT2D eigenvalue weighted by Gasteiger charge is -2.28. The molecule has 0 unspecified atom stereocenters. The number of carbonyl (C=O) groups is 1. The molecule has 8 heteroatoms. The summed E-state index contributed by atoms with van der Waals surface area (Å²) in [6, 6.07) is 15.5. The lowest BCUT2D eigenvalue weighted by atomic mass is 10.2. The summed E-state index contributed by atoms with van der Waals surface area (Å²) >= 11 is 3.54. The zero-order valence-electron chi connectivity index (χ0n) is 16.5. The van der Waals surface area contributed by atoms with Crippen LogP contribution >= 0.6 is 23.1 Å². The molecule has 2 N–H and O–H groups in total. The van der Waals surface area contributed by atoms with E-state index in [2.05, 4.69) is 44.8 Å². The van der Waals surface area contributed by atoms with E-state index < -0.39 is 0 Å². The predicted octanol–water partition coefficient (Wildman–Crippen LogP) is 4.60. The first-order chi connectivity index (χ1) is 14.8. The first kappa shape index (κ1) is 20.6. The van der Waals surface area contributed by atoms with Gasteiger partial charge in [0.1, 0.15) is 12.4 Å². The van der Waals surface area contributed by atoms with E-state index in [1.54, 1.807) is 11.6 Å². The van der Waals surface area contributed by atoms with Gasteiger partial charge in [-0.3, -0.25) is 0 Å². The molecule has 0 spiro atoms. The Hall–Kier alpha value is -2.71. The number of hydrogen-bond donors (Lipinski definition) is 2. The topological polar surface area (TPSA) is 66.5 Å². The summed E-state index contributed by atoms with van der Waals surface area (Å²) in [4.78, 5) is 18.9. The Kier molecular flexibility index (Phi) is 7.10. The number of amides is 2. The Labute approximate surface area is 184 Å². The summed E-state index contributed by atoms with van der Waals surface area (Å²) in [6.07, 6.45) is 0. The largest absolute Gasteiger partial charge is 0.487 e. The van der Waals surface area contributed by atoms with Crippen molar-refractivity contribution in [3.05, 3.63) is 70.7 Å². The Morgan fingerprint density at radius 2 is 1.97 bits per heavy atom. The van der Waals surface area contributed by atoms with E-state index >= 15 is 0 Å². The average Bonchev–Trinajstić information content (AvgIpc) is 3.31. The molecule has 6 nitrogen and oxygen atoms in total. The third-order valence-corrected chi connectivity index (χ3v) is 6.31. The second kappa shape index (κ2) is 10.4. The molecule has 4 rings (SSSR count). The van der Waals surface area contributed by atoms with Crippen molar-refractivity contribution >= 4 is 40.5 Å². The first-order valence-corrected chi connectivity index (χ1v) is 11.9. The summed E-state index contributed by atoms with van der Waals surface area (Å²) in [5, 5.41) is 7.71. The molecule has 0 saturated carbocycles. The van der Waals surface area contributed by atoms with Crippen molar-refractivity contribution < 1.29 is 9.53 Å². The predicted molar refractivity (Wildman–Crippen MR) is 125 cm³/mol. The molecule has 2 amide bonds. The summed E-state index contributed by atoms with van der Waals surface area (Å²) in [5.74, 6) is 3.05. The van der Waals surface area contributed by atoms with E-state index in [1.165, 1.54) is 28.5 Å². The van der Waals surface area contributed by atoms with Crippen molar-refractivity contribution in [2.24, 2.45) is 0 Å². The fourth-order valence-corrected chi connectivity index (χ4v) is 4.58. The smallest absolute Gasteiger partial charge is 0.319 e. The Morgan fingerprint density at radius 3 is 2.73 bits per heavy atom. The van der Waals surface area contributed by atoms with Crippen LogP contribution in [-0.4, -0.2) is 35.6 Å². The second-order valence-corrected chi connectivity index (χ2v) is 8.81. The van der Waals surface area contributed by atoms with Gasteiger partial charge in [0.25, 0.3) is 0 Å². The van der Waals surface area contributed by atoms with Crippen LogP contribution in [0.3, 0.4) is 0 Å². The molecule has 30 heavy (non-hydrogen) atoms. The van der Waals surface area contributed by atoms with E-state index in [0.717, 1.165) is 24.3 Å². The zero-order chi connectivity index (χ0) is 20.6. The highest BCUT2D eigenvalue weighted by Gasteiger charge is 2.11. The maximum atomic E-state index is 12.3. The number of thioether (sulfide) groups is 1. The molecule has 156 valence electrons. The molecule has 1 aliphatic heterocycles. The number of urea groups is 1. The maximum Gasteiger partial charge on any atom is 0.319 e. The van der Waals surface area contributed by atoms with Gasteiger partial charge in [0.05, 0.1) is 11.2 Å². The molecule has 3 aromatic rings. The number of nitrogens with zero attached hydrogens (tertiary/aromatic N) is 2. The third-order valence-electron chi connectivity index (χ3n) is 4.73. The average molecular weight is 441 g/mol. The van der Waals surface area contributed by atoms with Gasteiger partial charge < -0.3 is 20.3 Å². The minimum atomic E-state index is -0.246. The lowest BCUT2D eigenvalue weighted by molar-refractivity contribution is 0.251. The zero-order valence-corrected chi connectivity index (χ0v) is 18.2. The molecule has 2 heterocycles. The van der Waals surface area contributed by atoms with E-state index in [4.69, 9.17) is 4.74 Å². The van der Waals surface area contributed by atoms with Gasteiger partial charge in [0.15, 0.2) is 0 Å². The lowest BCUT2D eigenvalue weighted by Crippen LogP contribution is -2.32. The van der Waals surface area contributed by atoms with Gasteiger partial charge in [0.2, 0.25) is 0 Å². The van der Waals surface area contributed by atoms with Gasteiger partial charge in [0, 0.05) is 54.0 Å². The molecule has 1 fully saturated rings. The number of rotatable bonds is 7. The molecule has 0 radical (unpaired) electrons. The van der Waals surface area contributed by atoms with Crippen molar-refractivity contribution in [2.45, 2.75) is 13.2 Å². The van der Waals surface area contributed by atoms with E-state index in [1.807, 2.05) is 35.3 Å². The number of aromatic nitrogens is 1. The number of ether oxygens (including phenoxy) is 1. The fraction of sp³-hybridized carbons (Fsp3) is 0.273. The number of anilines is 2.